The lowest BCUT2D eigenvalue weighted by Crippen LogP contribution is -2.22. The molecule has 20 heavy (non-hydrogen) atoms. The van der Waals surface area contributed by atoms with Crippen molar-refractivity contribution in [2.75, 3.05) is 11.4 Å². The minimum Gasteiger partial charge on any atom is -0.409 e. The van der Waals surface area contributed by atoms with E-state index in [0.717, 1.165) is 0 Å². The van der Waals surface area contributed by atoms with Gasteiger partial charge in [0, 0.05) is 24.0 Å². The Morgan fingerprint density at radius 1 is 1.45 bits per heavy atom. The van der Waals surface area contributed by atoms with Crippen LogP contribution in [0.3, 0.4) is 0 Å². The number of oxime groups is 1. The number of anilines is 2. The van der Waals surface area contributed by atoms with Gasteiger partial charge in [0.1, 0.15) is 5.82 Å². The van der Waals surface area contributed by atoms with Crippen molar-refractivity contribution in [2.45, 2.75) is 6.92 Å². The van der Waals surface area contributed by atoms with Crippen LogP contribution in [0.5, 0.6) is 0 Å². The highest BCUT2D eigenvalue weighted by atomic mass is 19.1. The fourth-order valence-electron chi connectivity index (χ4n) is 2.01. The van der Waals surface area contributed by atoms with Gasteiger partial charge in [-0.3, -0.25) is 4.98 Å². The predicted octanol–water partition coefficient (Wildman–Crippen LogP) is 2.47. The molecule has 0 aliphatic carbocycles. The smallest absolute Gasteiger partial charge is 0.172 e. The van der Waals surface area contributed by atoms with Crippen LogP contribution >= 0.6 is 0 Å². The molecule has 1 heterocycles. The number of nitrogens with zero attached hydrogens (tertiary/aromatic N) is 3. The number of nitrogens with two attached hydrogens (primary N) is 1. The number of rotatable bonds is 4. The zero-order valence-corrected chi connectivity index (χ0v) is 11.0. The summed E-state index contributed by atoms with van der Waals surface area (Å²) in [6.45, 7) is 2.51. The normalized spacial score (nSPS) is 11.4. The number of hydrogen-bond acceptors (Lipinski definition) is 4. The maximum atomic E-state index is 13.4. The quantitative estimate of drug-likeness (QED) is 0.389. The van der Waals surface area contributed by atoms with Crippen LogP contribution in [-0.2, 0) is 0 Å². The van der Waals surface area contributed by atoms with Crippen LogP contribution in [0, 0.1) is 5.82 Å². The molecule has 1 aromatic heterocycles. The Kier molecular flexibility index (Phi) is 4.14. The van der Waals surface area contributed by atoms with Gasteiger partial charge in [0.2, 0.25) is 0 Å². The number of amidine groups is 1. The molecule has 0 bridgehead atoms. The minimum atomic E-state index is -0.324. The van der Waals surface area contributed by atoms with Crippen LogP contribution < -0.4 is 10.6 Å². The minimum absolute atomic E-state index is 0.0164. The zero-order chi connectivity index (χ0) is 14.5. The number of benzene rings is 1. The Labute approximate surface area is 116 Å². The van der Waals surface area contributed by atoms with Crippen molar-refractivity contribution in [2.24, 2.45) is 10.9 Å². The second kappa shape index (κ2) is 6.01. The Bertz CT molecular complexity index is 630. The summed E-state index contributed by atoms with van der Waals surface area (Å²) in [5, 5.41) is 11.9. The van der Waals surface area contributed by atoms with Crippen LogP contribution in [0.15, 0.2) is 47.9 Å². The van der Waals surface area contributed by atoms with E-state index in [1.54, 1.807) is 30.6 Å². The molecule has 2 rings (SSSR count). The molecule has 104 valence electrons. The molecule has 0 atom stereocenters. The first-order valence-corrected chi connectivity index (χ1v) is 6.12. The van der Waals surface area contributed by atoms with E-state index in [0.29, 0.717) is 23.5 Å². The topological polar surface area (TPSA) is 74.7 Å². The van der Waals surface area contributed by atoms with Gasteiger partial charge in [-0.15, -0.1) is 0 Å². The van der Waals surface area contributed by atoms with Crippen LogP contribution in [0.4, 0.5) is 15.8 Å². The van der Waals surface area contributed by atoms with E-state index in [-0.39, 0.29) is 11.7 Å². The molecule has 0 unspecified atom stereocenters. The van der Waals surface area contributed by atoms with Gasteiger partial charge in [-0.05, 0) is 31.2 Å². The summed E-state index contributed by atoms with van der Waals surface area (Å²) < 4.78 is 13.4. The zero-order valence-electron chi connectivity index (χ0n) is 11.0. The number of pyridine rings is 1. The lowest BCUT2D eigenvalue weighted by molar-refractivity contribution is 0.318. The molecule has 0 saturated carbocycles. The van der Waals surface area contributed by atoms with Crippen molar-refractivity contribution in [1.82, 2.24) is 4.98 Å². The monoisotopic (exact) mass is 274 g/mol. The highest BCUT2D eigenvalue weighted by molar-refractivity contribution is 6.02. The highest BCUT2D eigenvalue weighted by Gasteiger charge is 2.15. The van der Waals surface area contributed by atoms with E-state index >= 15 is 0 Å². The van der Waals surface area contributed by atoms with Gasteiger partial charge < -0.3 is 15.8 Å². The van der Waals surface area contributed by atoms with Gasteiger partial charge >= 0.3 is 0 Å². The van der Waals surface area contributed by atoms with Gasteiger partial charge in [0.05, 0.1) is 11.9 Å². The average molecular weight is 274 g/mol. The van der Waals surface area contributed by atoms with Crippen LogP contribution in [0.25, 0.3) is 0 Å². The molecule has 0 radical (unpaired) electrons. The lowest BCUT2D eigenvalue weighted by atomic mass is 10.1. The molecule has 0 spiro atoms. The summed E-state index contributed by atoms with van der Waals surface area (Å²) in [5.41, 5.74) is 7.53. The number of halogens is 1. The van der Waals surface area contributed by atoms with E-state index in [2.05, 4.69) is 10.1 Å². The third kappa shape index (κ3) is 2.69. The van der Waals surface area contributed by atoms with Crippen molar-refractivity contribution in [1.29, 1.82) is 0 Å². The molecule has 2 aromatic rings. The van der Waals surface area contributed by atoms with Gasteiger partial charge in [-0.2, -0.15) is 0 Å². The number of hydrogen-bond donors (Lipinski definition) is 2. The van der Waals surface area contributed by atoms with E-state index in [1.807, 2.05) is 11.8 Å². The summed E-state index contributed by atoms with van der Waals surface area (Å²) in [5.74, 6) is -0.340. The maximum absolute atomic E-state index is 13.4. The molecule has 0 aliphatic heterocycles. The third-order valence-electron chi connectivity index (χ3n) is 2.91. The van der Waals surface area contributed by atoms with Crippen molar-refractivity contribution in [3.8, 4) is 0 Å². The molecule has 3 N–H and O–H groups in total. The standard InChI is InChI=1S/C14H15FN4O/c1-2-19(11-5-3-4-10(15)8-11)13-9-17-7-6-12(13)14(16)18-20/h3-9,20H,2H2,1H3,(H2,16,18). The van der Waals surface area contributed by atoms with Crippen LogP contribution in [0.1, 0.15) is 12.5 Å². The van der Waals surface area contributed by atoms with Gasteiger partial charge in [-0.1, -0.05) is 11.2 Å². The molecule has 0 aliphatic rings. The van der Waals surface area contributed by atoms with Crippen LogP contribution in [-0.4, -0.2) is 22.6 Å². The largest absolute Gasteiger partial charge is 0.409 e. The van der Waals surface area contributed by atoms with Gasteiger partial charge in [0.25, 0.3) is 0 Å². The molecule has 0 saturated heterocycles. The van der Waals surface area contributed by atoms with Crippen molar-refractivity contribution in [3.63, 3.8) is 0 Å². The van der Waals surface area contributed by atoms with Gasteiger partial charge in [0.15, 0.2) is 5.84 Å². The first-order valence-electron chi connectivity index (χ1n) is 6.12. The molecule has 1 aromatic carbocycles. The maximum Gasteiger partial charge on any atom is 0.172 e. The SMILES string of the molecule is CCN(c1cccc(F)c1)c1cnccc1/C(N)=N/O. The molecular formula is C14H15FN4O. The van der Waals surface area contributed by atoms with Gasteiger partial charge in [-0.25, -0.2) is 4.39 Å². The van der Waals surface area contributed by atoms with Crippen molar-refractivity contribution >= 4 is 17.2 Å². The fraction of sp³-hybridized carbons (Fsp3) is 0.143. The second-order valence-electron chi connectivity index (χ2n) is 4.10. The van der Waals surface area contributed by atoms with E-state index in [4.69, 9.17) is 10.9 Å². The molecule has 0 amide bonds. The Balaban J connectivity index is 2.53. The summed E-state index contributed by atoms with van der Waals surface area (Å²) in [6, 6.07) is 7.87. The van der Waals surface area contributed by atoms with Crippen molar-refractivity contribution in [3.05, 3.63) is 54.1 Å². The summed E-state index contributed by atoms with van der Waals surface area (Å²) in [6.07, 6.45) is 3.15. The van der Waals surface area contributed by atoms with Crippen LogP contribution in [0.2, 0.25) is 0 Å². The lowest BCUT2D eigenvalue weighted by Gasteiger charge is -2.25. The molecular weight excluding hydrogens is 259 g/mol. The first-order chi connectivity index (χ1) is 9.67. The molecule has 5 nitrogen and oxygen atoms in total. The third-order valence-corrected chi connectivity index (χ3v) is 2.91. The Morgan fingerprint density at radius 2 is 2.25 bits per heavy atom. The Hall–Kier alpha value is -2.63. The van der Waals surface area contributed by atoms with E-state index < -0.39 is 0 Å². The average Bonchev–Trinajstić information content (AvgIpc) is 2.48. The van der Waals surface area contributed by atoms with E-state index in [1.165, 1.54) is 12.1 Å². The molecule has 0 fully saturated rings. The first kappa shape index (κ1) is 13.8. The summed E-state index contributed by atoms with van der Waals surface area (Å²) in [7, 11) is 0. The summed E-state index contributed by atoms with van der Waals surface area (Å²) >= 11 is 0. The Morgan fingerprint density at radius 3 is 2.90 bits per heavy atom. The predicted molar refractivity (Wildman–Crippen MR) is 75.8 cm³/mol. The van der Waals surface area contributed by atoms with Crippen molar-refractivity contribution < 1.29 is 9.60 Å². The van der Waals surface area contributed by atoms with E-state index in [9.17, 15) is 4.39 Å². The molecule has 6 heteroatoms. The fourth-order valence-corrected chi connectivity index (χ4v) is 2.01. The summed E-state index contributed by atoms with van der Waals surface area (Å²) in [4.78, 5) is 5.89. The number of aromatic nitrogens is 1. The highest BCUT2D eigenvalue weighted by Crippen LogP contribution is 2.28. The second-order valence-corrected chi connectivity index (χ2v) is 4.10.